The van der Waals surface area contributed by atoms with Gasteiger partial charge in [-0.2, -0.15) is 0 Å². The number of thioether (sulfide) groups is 1. The van der Waals surface area contributed by atoms with Gasteiger partial charge < -0.3 is 20.5 Å². The molecule has 0 aliphatic heterocycles. The van der Waals surface area contributed by atoms with E-state index in [1.807, 2.05) is 19.1 Å². The van der Waals surface area contributed by atoms with Crippen LogP contribution >= 0.6 is 11.8 Å². The van der Waals surface area contributed by atoms with E-state index in [-0.39, 0.29) is 22.3 Å². The molecule has 4 aromatic carbocycles. The molecule has 8 heteroatoms. The second-order valence-electron chi connectivity index (χ2n) is 7.97. The van der Waals surface area contributed by atoms with E-state index in [9.17, 15) is 19.5 Å². The first-order valence-corrected chi connectivity index (χ1v) is 12.0. The number of aromatic carboxylic acids is 1. The molecule has 0 aliphatic rings. The maximum absolute atomic E-state index is 13.0. The van der Waals surface area contributed by atoms with Gasteiger partial charge in [0.2, 0.25) is 5.91 Å². The molecular formula is C28H24N2O5S. The smallest absolute Gasteiger partial charge is 0.336 e. The highest BCUT2D eigenvalue weighted by Gasteiger charge is 2.17. The second-order valence-corrected chi connectivity index (χ2v) is 9.38. The molecule has 0 fully saturated rings. The van der Waals surface area contributed by atoms with E-state index < -0.39 is 11.9 Å². The van der Waals surface area contributed by atoms with Gasteiger partial charge in [0.15, 0.2) is 0 Å². The predicted molar refractivity (Wildman–Crippen MR) is 142 cm³/mol. The summed E-state index contributed by atoms with van der Waals surface area (Å²) < 4.78 is 5.13. The Morgan fingerprint density at radius 2 is 1.39 bits per heavy atom. The number of amides is 2. The monoisotopic (exact) mass is 500 g/mol. The van der Waals surface area contributed by atoms with E-state index in [1.54, 1.807) is 73.8 Å². The number of rotatable bonds is 8. The van der Waals surface area contributed by atoms with E-state index in [0.29, 0.717) is 27.9 Å². The number of carbonyl (C=O) groups is 3. The number of hydrogen-bond acceptors (Lipinski definition) is 5. The molecule has 4 aromatic rings. The third-order valence-corrected chi connectivity index (χ3v) is 6.64. The quantitative estimate of drug-likeness (QED) is 0.260. The molecule has 0 bridgehead atoms. The molecule has 0 heterocycles. The van der Waals surface area contributed by atoms with Crippen molar-refractivity contribution in [1.29, 1.82) is 0 Å². The molecule has 1 unspecified atom stereocenters. The molecule has 0 aliphatic carbocycles. The van der Waals surface area contributed by atoms with Gasteiger partial charge in [-0.15, -0.1) is 11.8 Å². The van der Waals surface area contributed by atoms with Crippen molar-refractivity contribution in [3.63, 3.8) is 0 Å². The molecule has 0 spiro atoms. The van der Waals surface area contributed by atoms with E-state index in [1.165, 1.54) is 17.8 Å². The van der Waals surface area contributed by atoms with Crippen LogP contribution in [0.2, 0.25) is 0 Å². The van der Waals surface area contributed by atoms with Crippen LogP contribution in [0.1, 0.15) is 27.6 Å². The molecule has 2 amide bonds. The maximum atomic E-state index is 13.0. The standard InChI is InChI=1S/C28H24N2O5S/c1-17(26(31)29-19-9-13-21(35-2)14-10-19)36-22-15-11-20(12-16-22)30-27(32)23-7-3-5-18-6-4-8-24(25(18)23)28(33)34/h3-17H,1-2H3,(H,29,31)(H,30,32)(H,33,34). The van der Waals surface area contributed by atoms with Gasteiger partial charge in [-0.25, -0.2) is 4.79 Å². The van der Waals surface area contributed by atoms with Gasteiger partial charge in [0, 0.05) is 27.2 Å². The summed E-state index contributed by atoms with van der Waals surface area (Å²) in [6.45, 7) is 1.82. The zero-order valence-electron chi connectivity index (χ0n) is 19.6. The first kappa shape index (κ1) is 24.8. The third-order valence-electron chi connectivity index (χ3n) is 5.53. The number of carboxylic acids is 1. The Bertz CT molecular complexity index is 1410. The van der Waals surface area contributed by atoms with Crippen LogP contribution < -0.4 is 15.4 Å². The Balaban J connectivity index is 1.41. The third kappa shape index (κ3) is 5.67. The molecule has 182 valence electrons. The zero-order chi connectivity index (χ0) is 25.7. The minimum Gasteiger partial charge on any atom is -0.497 e. The molecule has 0 radical (unpaired) electrons. The van der Waals surface area contributed by atoms with Gasteiger partial charge in [0.1, 0.15) is 5.75 Å². The normalized spacial score (nSPS) is 11.5. The highest BCUT2D eigenvalue weighted by atomic mass is 32.2. The zero-order valence-corrected chi connectivity index (χ0v) is 20.5. The average molecular weight is 501 g/mol. The van der Waals surface area contributed by atoms with Crippen LogP contribution in [0.4, 0.5) is 11.4 Å². The number of carbonyl (C=O) groups excluding carboxylic acids is 2. The fourth-order valence-electron chi connectivity index (χ4n) is 3.70. The minimum absolute atomic E-state index is 0.0758. The summed E-state index contributed by atoms with van der Waals surface area (Å²) >= 11 is 1.39. The number of anilines is 2. The number of hydrogen-bond donors (Lipinski definition) is 3. The first-order valence-electron chi connectivity index (χ1n) is 11.1. The van der Waals surface area contributed by atoms with Crippen molar-refractivity contribution in [3.05, 3.63) is 96.1 Å². The van der Waals surface area contributed by atoms with E-state index in [0.717, 1.165) is 4.90 Å². The summed E-state index contributed by atoms with van der Waals surface area (Å²) in [5.74, 6) is -0.910. The number of nitrogens with one attached hydrogen (secondary N) is 2. The van der Waals surface area contributed by atoms with Crippen molar-refractivity contribution in [2.24, 2.45) is 0 Å². The van der Waals surface area contributed by atoms with Gasteiger partial charge >= 0.3 is 5.97 Å². The van der Waals surface area contributed by atoms with Crippen molar-refractivity contribution >= 4 is 51.7 Å². The Labute approximate surface area is 212 Å². The van der Waals surface area contributed by atoms with Gasteiger partial charge in [-0.1, -0.05) is 24.3 Å². The molecule has 7 nitrogen and oxygen atoms in total. The molecule has 36 heavy (non-hydrogen) atoms. The number of methoxy groups -OCH3 is 1. The van der Waals surface area contributed by atoms with Crippen molar-refractivity contribution in [1.82, 2.24) is 0 Å². The summed E-state index contributed by atoms with van der Waals surface area (Å²) in [4.78, 5) is 38.1. The SMILES string of the molecule is COc1ccc(NC(=O)C(C)Sc2ccc(NC(=O)c3cccc4cccc(C(=O)O)c34)cc2)cc1. The van der Waals surface area contributed by atoms with Crippen molar-refractivity contribution in [2.75, 3.05) is 17.7 Å². The molecule has 0 saturated heterocycles. The van der Waals surface area contributed by atoms with E-state index >= 15 is 0 Å². The van der Waals surface area contributed by atoms with Crippen molar-refractivity contribution in [3.8, 4) is 5.75 Å². The summed E-state index contributed by atoms with van der Waals surface area (Å²) in [6.07, 6.45) is 0. The lowest BCUT2D eigenvalue weighted by Gasteiger charge is -2.13. The lowest BCUT2D eigenvalue weighted by molar-refractivity contribution is -0.115. The summed E-state index contributed by atoms with van der Waals surface area (Å²) in [6, 6.07) is 24.3. The number of fused-ring (bicyclic) bond motifs is 1. The van der Waals surface area contributed by atoms with Crippen LogP contribution in [-0.4, -0.2) is 35.2 Å². The number of carboxylic acid groups (broad SMARTS) is 1. The van der Waals surface area contributed by atoms with Crippen LogP contribution in [0.5, 0.6) is 5.75 Å². The minimum atomic E-state index is -1.09. The van der Waals surface area contributed by atoms with E-state index in [4.69, 9.17) is 4.74 Å². The summed E-state index contributed by atoms with van der Waals surface area (Å²) in [5, 5.41) is 16.0. The van der Waals surface area contributed by atoms with Crippen LogP contribution in [0.15, 0.2) is 89.8 Å². The number of ether oxygens (including phenoxy) is 1. The molecular weight excluding hydrogens is 476 g/mol. The van der Waals surface area contributed by atoms with Crippen LogP contribution in [0, 0.1) is 0 Å². The molecule has 0 saturated carbocycles. The lowest BCUT2D eigenvalue weighted by atomic mass is 9.98. The van der Waals surface area contributed by atoms with Crippen LogP contribution in [0.25, 0.3) is 10.8 Å². The topological polar surface area (TPSA) is 105 Å². The average Bonchev–Trinajstić information content (AvgIpc) is 2.89. The highest BCUT2D eigenvalue weighted by Crippen LogP contribution is 2.27. The van der Waals surface area contributed by atoms with Crippen LogP contribution in [0.3, 0.4) is 0 Å². The fraction of sp³-hybridized carbons (Fsp3) is 0.107. The van der Waals surface area contributed by atoms with Gasteiger partial charge in [-0.05, 0) is 73.0 Å². The lowest BCUT2D eigenvalue weighted by Crippen LogP contribution is -2.22. The highest BCUT2D eigenvalue weighted by molar-refractivity contribution is 8.00. The summed E-state index contributed by atoms with van der Waals surface area (Å²) in [7, 11) is 1.59. The van der Waals surface area contributed by atoms with E-state index in [2.05, 4.69) is 10.6 Å². The Hall–Kier alpha value is -4.30. The van der Waals surface area contributed by atoms with Crippen LogP contribution in [-0.2, 0) is 4.79 Å². The Morgan fingerprint density at radius 1 is 0.806 bits per heavy atom. The number of benzene rings is 4. The second kappa shape index (κ2) is 11.0. The van der Waals surface area contributed by atoms with Gasteiger partial charge in [-0.3, -0.25) is 9.59 Å². The summed E-state index contributed by atoms with van der Waals surface area (Å²) in [5.41, 5.74) is 1.61. The Morgan fingerprint density at radius 3 is 2.00 bits per heavy atom. The molecule has 0 aromatic heterocycles. The molecule has 3 N–H and O–H groups in total. The van der Waals surface area contributed by atoms with Gasteiger partial charge in [0.25, 0.3) is 5.91 Å². The first-order chi connectivity index (χ1) is 17.4. The van der Waals surface area contributed by atoms with Gasteiger partial charge in [0.05, 0.1) is 17.9 Å². The Kier molecular flexibility index (Phi) is 7.56. The largest absolute Gasteiger partial charge is 0.497 e. The van der Waals surface area contributed by atoms with Crippen molar-refractivity contribution < 1.29 is 24.2 Å². The van der Waals surface area contributed by atoms with Crippen molar-refractivity contribution in [2.45, 2.75) is 17.1 Å². The maximum Gasteiger partial charge on any atom is 0.336 e. The molecule has 1 atom stereocenters. The molecule has 4 rings (SSSR count). The fourth-order valence-corrected chi connectivity index (χ4v) is 4.57. The predicted octanol–water partition coefficient (Wildman–Crippen LogP) is 5.92.